The summed E-state index contributed by atoms with van der Waals surface area (Å²) in [6.45, 7) is 1.58. The molecule has 1 aliphatic rings. The van der Waals surface area contributed by atoms with Crippen LogP contribution in [-0.2, 0) is 0 Å². The molecule has 1 aromatic heterocycles. The molecule has 0 spiro atoms. The van der Waals surface area contributed by atoms with Crippen LogP contribution in [0.1, 0.15) is 41.7 Å². The summed E-state index contributed by atoms with van der Waals surface area (Å²) in [6, 6.07) is 12.7. The molecule has 0 atom stereocenters. The molecular weight excluding hydrogens is 302 g/mol. The van der Waals surface area contributed by atoms with E-state index in [1.54, 1.807) is 30.3 Å². The second kappa shape index (κ2) is 7.55. The number of para-hydroxylation sites is 1. The van der Waals surface area contributed by atoms with Crippen LogP contribution in [0.3, 0.4) is 0 Å². The van der Waals surface area contributed by atoms with Crippen LogP contribution < -0.4 is 5.32 Å². The minimum atomic E-state index is -0.0617. The second-order valence-electron chi connectivity index (χ2n) is 5.79. The first-order chi connectivity index (χ1) is 11.8. The lowest BCUT2D eigenvalue weighted by Gasteiger charge is -2.19. The Bertz CT molecular complexity index is 743. The van der Waals surface area contributed by atoms with Crippen LogP contribution in [-0.4, -0.2) is 34.1 Å². The van der Waals surface area contributed by atoms with Crippen molar-refractivity contribution >= 4 is 17.4 Å². The molecule has 1 fully saturated rings. The molecule has 0 radical (unpaired) electrons. The highest BCUT2D eigenvalue weighted by Gasteiger charge is 2.18. The third-order valence-electron chi connectivity index (χ3n) is 4.09. The normalized spacial score (nSPS) is 14.5. The summed E-state index contributed by atoms with van der Waals surface area (Å²) in [5, 5.41) is 20.3. The van der Waals surface area contributed by atoms with Crippen molar-refractivity contribution in [3.8, 4) is 6.07 Å². The number of anilines is 2. The molecular formula is C18H19N5O. The minimum Gasteiger partial charge on any atom is -0.338 e. The molecule has 0 aliphatic carbocycles. The molecule has 1 aromatic carbocycles. The van der Waals surface area contributed by atoms with Gasteiger partial charge in [0.05, 0.1) is 11.3 Å². The highest BCUT2D eigenvalue weighted by atomic mass is 16.2. The Morgan fingerprint density at radius 2 is 1.79 bits per heavy atom. The van der Waals surface area contributed by atoms with Crippen molar-refractivity contribution < 1.29 is 4.79 Å². The maximum absolute atomic E-state index is 12.5. The van der Waals surface area contributed by atoms with Gasteiger partial charge in [0.25, 0.3) is 5.91 Å². The van der Waals surface area contributed by atoms with Gasteiger partial charge in [-0.05, 0) is 37.1 Å². The zero-order valence-corrected chi connectivity index (χ0v) is 13.4. The van der Waals surface area contributed by atoms with Crippen molar-refractivity contribution in [1.82, 2.24) is 15.1 Å². The van der Waals surface area contributed by atoms with Gasteiger partial charge in [0.2, 0.25) is 0 Å². The van der Waals surface area contributed by atoms with Crippen molar-refractivity contribution in [2.45, 2.75) is 25.7 Å². The Morgan fingerprint density at radius 3 is 2.46 bits per heavy atom. The Balaban J connectivity index is 1.71. The summed E-state index contributed by atoms with van der Waals surface area (Å²) in [7, 11) is 0. The Morgan fingerprint density at radius 1 is 1.04 bits per heavy atom. The molecule has 0 unspecified atom stereocenters. The van der Waals surface area contributed by atoms with E-state index in [1.165, 1.54) is 12.8 Å². The number of rotatable bonds is 3. The number of carbonyl (C=O) groups excluding carboxylic acids is 1. The summed E-state index contributed by atoms with van der Waals surface area (Å²) in [6.07, 6.45) is 4.45. The Hall–Kier alpha value is -2.94. The first-order valence-electron chi connectivity index (χ1n) is 8.17. The highest BCUT2D eigenvalue weighted by Crippen LogP contribution is 2.19. The molecule has 6 heteroatoms. The quantitative estimate of drug-likeness (QED) is 0.939. The molecule has 2 heterocycles. The lowest BCUT2D eigenvalue weighted by Crippen LogP contribution is -2.32. The molecule has 6 nitrogen and oxygen atoms in total. The van der Waals surface area contributed by atoms with Gasteiger partial charge in [-0.1, -0.05) is 25.0 Å². The third kappa shape index (κ3) is 3.69. The number of carbonyl (C=O) groups is 1. The number of nitrogens with zero attached hydrogens (tertiary/aromatic N) is 4. The molecule has 1 N–H and O–H groups in total. The van der Waals surface area contributed by atoms with Crippen molar-refractivity contribution in [3.63, 3.8) is 0 Å². The highest BCUT2D eigenvalue weighted by molar-refractivity contribution is 5.92. The van der Waals surface area contributed by atoms with E-state index in [2.05, 4.69) is 21.6 Å². The number of nitrogens with one attached hydrogen (secondary N) is 1. The van der Waals surface area contributed by atoms with E-state index in [0.717, 1.165) is 25.9 Å². The van der Waals surface area contributed by atoms with Crippen LogP contribution in [0.4, 0.5) is 11.5 Å². The summed E-state index contributed by atoms with van der Waals surface area (Å²) >= 11 is 0. The third-order valence-corrected chi connectivity index (χ3v) is 4.09. The van der Waals surface area contributed by atoms with Gasteiger partial charge < -0.3 is 10.2 Å². The monoisotopic (exact) mass is 321 g/mol. The van der Waals surface area contributed by atoms with Crippen LogP contribution in [0.2, 0.25) is 0 Å². The van der Waals surface area contributed by atoms with Crippen molar-refractivity contribution in [2.24, 2.45) is 0 Å². The average Bonchev–Trinajstić information content (AvgIpc) is 2.92. The topological polar surface area (TPSA) is 81.9 Å². The van der Waals surface area contributed by atoms with E-state index >= 15 is 0 Å². The average molecular weight is 321 g/mol. The van der Waals surface area contributed by atoms with E-state index in [0.29, 0.717) is 22.8 Å². The predicted molar refractivity (Wildman–Crippen MR) is 90.8 cm³/mol. The fourth-order valence-electron chi connectivity index (χ4n) is 2.78. The van der Waals surface area contributed by atoms with Gasteiger partial charge in [-0.3, -0.25) is 4.79 Å². The number of aromatic nitrogens is 2. The van der Waals surface area contributed by atoms with Crippen LogP contribution >= 0.6 is 0 Å². The van der Waals surface area contributed by atoms with E-state index in [1.807, 2.05) is 11.0 Å². The van der Waals surface area contributed by atoms with Crippen LogP contribution in [0.5, 0.6) is 0 Å². The van der Waals surface area contributed by atoms with E-state index in [-0.39, 0.29) is 5.91 Å². The summed E-state index contributed by atoms with van der Waals surface area (Å²) in [4.78, 5) is 14.3. The number of amides is 1. The van der Waals surface area contributed by atoms with Gasteiger partial charge in [0.15, 0.2) is 11.5 Å². The van der Waals surface area contributed by atoms with Gasteiger partial charge >= 0.3 is 0 Å². The van der Waals surface area contributed by atoms with E-state index < -0.39 is 0 Å². The molecule has 0 bridgehead atoms. The molecule has 1 aliphatic heterocycles. The lowest BCUT2D eigenvalue weighted by atomic mass is 10.2. The van der Waals surface area contributed by atoms with E-state index in [9.17, 15) is 4.79 Å². The zero-order valence-electron chi connectivity index (χ0n) is 13.4. The van der Waals surface area contributed by atoms with Crippen molar-refractivity contribution in [2.75, 3.05) is 18.4 Å². The standard InChI is InChI=1S/C18H19N5O/c19-13-14-7-3-4-8-15(14)20-17-10-9-16(21-22-17)18(24)23-11-5-1-2-6-12-23/h3-4,7-10H,1-2,5-6,11-12H2,(H,20,22). The maximum atomic E-state index is 12.5. The molecule has 1 saturated heterocycles. The van der Waals surface area contributed by atoms with Crippen LogP contribution in [0, 0.1) is 11.3 Å². The molecule has 24 heavy (non-hydrogen) atoms. The van der Waals surface area contributed by atoms with Gasteiger partial charge in [-0.2, -0.15) is 5.26 Å². The fourth-order valence-corrected chi connectivity index (χ4v) is 2.78. The summed E-state index contributed by atoms with van der Waals surface area (Å²) < 4.78 is 0. The zero-order chi connectivity index (χ0) is 16.8. The first kappa shape index (κ1) is 15.9. The molecule has 122 valence electrons. The Kier molecular flexibility index (Phi) is 5.02. The molecule has 1 amide bonds. The molecule has 0 saturated carbocycles. The van der Waals surface area contributed by atoms with E-state index in [4.69, 9.17) is 5.26 Å². The van der Waals surface area contributed by atoms with Crippen molar-refractivity contribution in [1.29, 1.82) is 5.26 Å². The number of hydrogen-bond donors (Lipinski definition) is 1. The summed E-state index contributed by atoms with van der Waals surface area (Å²) in [5.41, 5.74) is 1.56. The number of nitriles is 1. The largest absolute Gasteiger partial charge is 0.338 e. The first-order valence-corrected chi connectivity index (χ1v) is 8.17. The Labute approximate surface area is 141 Å². The van der Waals surface area contributed by atoms with Gasteiger partial charge in [0.1, 0.15) is 6.07 Å². The number of likely N-dealkylation sites (tertiary alicyclic amines) is 1. The number of hydrogen-bond acceptors (Lipinski definition) is 5. The van der Waals surface area contributed by atoms with Gasteiger partial charge in [0, 0.05) is 13.1 Å². The van der Waals surface area contributed by atoms with Gasteiger partial charge in [-0.25, -0.2) is 0 Å². The fraction of sp³-hybridized carbons (Fsp3) is 0.333. The predicted octanol–water partition coefficient (Wildman–Crippen LogP) is 3.11. The molecule has 3 rings (SSSR count). The van der Waals surface area contributed by atoms with Crippen molar-refractivity contribution in [3.05, 3.63) is 47.7 Å². The maximum Gasteiger partial charge on any atom is 0.274 e. The lowest BCUT2D eigenvalue weighted by molar-refractivity contribution is 0.0754. The summed E-state index contributed by atoms with van der Waals surface area (Å²) in [5.74, 6) is 0.443. The van der Waals surface area contributed by atoms with Crippen LogP contribution in [0.25, 0.3) is 0 Å². The van der Waals surface area contributed by atoms with Crippen LogP contribution in [0.15, 0.2) is 36.4 Å². The minimum absolute atomic E-state index is 0.0617. The van der Waals surface area contributed by atoms with Gasteiger partial charge in [-0.15, -0.1) is 10.2 Å². The SMILES string of the molecule is N#Cc1ccccc1Nc1ccc(C(=O)N2CCCCCC2)nn1. The smallest absolute Gasteiger partial charge is 0.274 e. The molecule has 2 aromatic rings. The number of benzene rings is 1. The second-order valence-corrected chi connectivity index (χ2v) is 5.79.